The number of fused-ring (bicyclic) bond motifs is 1. The van der Waals surface area contributed by atoms with Gasteiger partial charge in [-0.25, -0.2) is 40.2 Å². The first-order valence-corrected chi connectivity index (χ1v) is 30.4. The minimum atomic E-state index is -6.09. The molecule has 26 nitrogen and oxygen atoms in total. The predicted octanol–water partition coefficient (Wildman–Crippen LogP) is 8.38. The first-order chi connectivity index (χ1) is 39.9. The Labute approximate surface area is 505 Å². The molecular formula is C40H44BF9I3N15O11S3-3. The molecule has 3 aromatic carbocycles. The Balaban J connectivity index is -0.000000434. The number of benzene rings is 3. The molecule has 1 saturated heterocycles. The molecule has 0 amide bonds. The fraction of sp³-hybridized carbons (Fsp3) is 0.250. The van der Waals surface area contributed by atoms with E-state index in [1.807, 2.05) is 146 Å². The third-order valence-corrected chi connectivity index (χ3v) is 11.3. The fourth-order valence-corrected chi connectivity index (χ4v) is 5.35. The number of alkyl halides is 11. The van der Waals surface area contributed by atoms with Crippen LogP contribution in [0.3, 0.4) is 0 Å². The van der Waals surface area contributed by atoms with Crippen LogP contribution in [0.5, 0.6) is 0 Å². The van der Waals surface area contributed by atoms with Crippen LogP contribution < -0.4 is 6.14 Å². The van der Waals surface area contributed by atoms with Crippen LogP contribution in [0.1, 0.15) is 19.9 Å². The Morgan fingerprint density at radius 3 is 1.65 bits per heavy atom. The summed E-state index contributed by atoms with van der Waals surface area (Å²) in [6.07, 6.45) is 15.9. The van der Waals surface area contributed by atoms with E-state index in [4.69, 9.17) is 60.7 Å². The average molecular weight is 1580 g/mol. The van der Waals surface area contributed by atoms with Crippen molar-refractivity contribution >= 4 is 125 Å². The monoisotopic (exact) mass is 1580 g/mol. The second-order valence-electron chi connectivity index (χ2n) is 12.9. The van der Waals surface area contributed by atoms with Crippen LogP contribution in [0.2, 0.25) is 1.41 Å². The van der Waals surface area contributed by atoms with Gasteiger partial charge in [0.2, 0.25) is 6.33 Å². The summed E-state index contributed by atoms with van der Waals surface area (Å²) >= 11 is 2.35. The van der Waals surface area contributed by atoms with Crippen molar-refractivity contribution < 1.29 is 86.1 Å². The number of para-hydroxylation sites is 3. The third kappa shape index (κ3) is 37.8. The molecule has 1 aliphatic heterocycles. The van der Waals surface area contributed by atoms with Crippen molar-refractivity contribution in [2.45, 2.75) is 29.4 Å². The fourth-order valence-electron chi connectivity index (χ4n) is 4.21. The number of H-pyrrole nitrogens is 3. The molecule has 4 aromatic heterocycles. The number of nitro groups is 1. The molecule has 5 heterocycles. The van der Waals surface area contributed by atoms with Crippen molar-refractivity contribution in [2.24, 2.45) is 0 Å². The Bertz CT molecular complexity index is 3200. The van der Waals surface area contributed by atoms with Crippen LogP contribution in [-0.4, -0.2) is 147 Å². The number of halogens is 12. The molecule has 8 rings (SSSR count). The van der Waals surface area contributed by atoms with Gasteiger partial charge in [0.1, 0.15) is 7.48 Å². The zero-order valence-corrected chi connectivity index (χ0v) is 50.0. The third-order valence-electron chi connectivity index (χ3n) is 7.59. The first-order valence-electron chi connectivity index (χ1n) is 22.4. The number of nitrogens with one attached hydrogen (secondary N) is 3. The normalized spacial score (nSPS) is 12.0. The number of aromatic amines is 3. The van der Waals surface area contributed by atoms with Crippen molar-refractivity contribution in [1.82, 2.24) is 55.7 Å². The molecule has 1 fully saturated rings. The summed E-state index contributed by atoms with van der Waals surface area (Å²) in [5.41, 5.74) is -12.3. The van der Waals surface area contributed by atoms with Crippen LogP contribution in [-0.2, 0) is 30.4 Å². The van der Waals surface area contributed by atoms with Gasteiger partial charge in [-0.2, -0.15) is 72.4 Å². The van der Waals surface area contributed by atoms with Crippen molar-refractivity contribution in [2.75, 3.05) is 29.5 Å². The summed E-state index contributed by atoms with van der Waals surface area (Å²) in [4.78, 5) is 37.2. The SMILES string of the molecule is N#CCN1CCCC1.O=S(=O)([O-])C(F)(F)F.O=S(=O)([O-])C(F)(F)F.O=S(=O)([O-])C(F)(F)F.O=[N+]([O-])c1ncn[nH]1.[2H]CI.[3H]I(C)c1ccccc1.[3H]N.[3H][B]I.[C-]#[N+]c1[nH]cnc1C#N.c1ccc(-n2ccnc2)cc1.c1ccc2[nH]cnc2c1. The van der Waals surface area contributed by atoms with Gasteiger partial charge in [0.25, 0.3) is 5.82 Å². The van der Waals surface area contributed by atoms with Gasteiger partial charge in [-0.1, -0.05) is 69.6 Å². The van der Waals surface area contributed by atoms with Gasteiger partial charge in [0, 0.05) is 19.5 Å². The van der Waals surface area contributed by atoms with Gasteiger partial charge in [-0.05, 0) is 61.4 Å². The maximum Gasteiger partial charge on any atom is 0.265 e. The standard InChI is InChI=1S/C9H8N2.C7H9I.C7H6N2.C6H10N2.C5H2N4.C2H2N4O2.3CHF3O3S.CH3I.BHI.H3N/c1-2-4-9(5-3-1)11-7-6-10-8-11;1-8-7-5-3-2-4-6-7;1-2-4-7-6(3-1)8-5-9-7;7-3-6-8-4-1-2-5-8;1-7-5-4(2-6)8-3-9-5;7-6(8)2-3-1-4-5-2;3*2-1(3,4)8(5,6)7;2*1-2;/h1-8H;2-6,8H,1H3;1-5H,(H,8,9);1-2,4-6H2;3H,(H,8,9);1H,(H,3,4,5);3*(H,5,6,7);1H3;1H;1H3/p-3/i;8T;;;;;;;;1D;1T;/hT. The molecule has 0 unspecified atom stereocenters. The summed E-state index contributed by atoms with van der Waals surface area (Å²) in [6.45, 7) is 9.40. The summed E-state index contributed by atoms with van der Waals surface area (Å²) in [7, 11) is -18.3. The second-order valence-corrected chi connectivity index (χ2v) is 19.4. The Morgan fingerprint density at radius 2 is 1.32 bits per heavy atom. The summed E-state index contributed by atoms with van der Waals surface area (Å²) in [5.74, 6) is -0.123. The molecule has 6 N–H and O–H groups in total. The molecule has 82 heavy (non-hydrogen) atoms. The summed E-state index contributed by atoms with van der Waals surface area (Å²) < 4.78 is 205. The topological polar surface area (TPSA) is 422 Å². The molecule has 1 aliphatic rings. The van der Waals surface area contributed by atoms with Crippen LogP contribution in [0.15, 0.2) is 123 Å². The van der Waals surface area contributed by atoms with Gasteiger partial charge >= 0.3 is 82.9 Å². The van der Waals surface area contributed by atoms with Crippen molar-refractivity contribution in [3.05, 3.63) is 153 Å². The summed E-state index contributed by atoms with van der Waals surface area (Å²) in [5, 5.41) is 31.6. The minimum absolute atomic E-state index is 0.157. The zero-order chi connectivity index (χ0) is 67.2. The van der Waals surface area contributed by atoms with E-state index in [2.05, 4.69) is 62.1 Å². The molecule has 0 saturated carbocycles. The zero-order valence-electron chi connectivity index (χ0n) is 45.1. The number of likely N-dealkylation sites (tertiary alicyclic amines) is 1. The van der Waals surface area contributed by atoms with E-state index in [1.54, 1.807) is 24.9 Å². The number of hydrogen-bond acceptors (Lipinski definition) is 20. The number of rotatable bonds is 4. The smallest absolute Gasteiger partial charge is 0.265 e. The minimum Gasteiger partial charge on any atom is -0.361 e. The second kappa shape index (κ2) is 43.5. The molecule has 1 radical (unpaired) electrons. The molecule has 453 valence electrons. The largest absolute Gasteiger partial charge is 0.361 e. The maximum absolute atomic E-state index is 10.7. The van der Waals surface area contributed by atoms with Gasteiger partial charge in [0.05, 0.1) is 36.3 Å². The van der Waals surface area contributed by atoms with Crippen LogP contribution >= 0.6 is 66.0 Å². The number of imidazole rings is 3. The van der Waals surface area contributed by atoms with E-state index in [-0.39, 0.29) is 17.5 Å². The summed E-state index contributed by atoms with van der Waals surface area (Å²) in [6, 6.07) is 32.0. The Morgan fingerprint density at radius 1 is 0.866 bits per heavy atom. The van der Waals surface area contributed by atoms with E-state index in [1.165, 1.54) is 28.4 Å². The quantitative estimate of drug-likeness (QED) is 0.0123. The van der Waals surface area contributed by atoms with E-state index < -0.39 is 72.8 Å². The van der Waals surface area contributed by atoms with Gasteiger partial charge in [0.15, 0.2) is 48.0 Å². The van der Waals surface area contributed by atoms with Crippen molar-refractivity contribution in [3.8, 4) is 17.8 Å². The van der Waals surface area contributed by atoms with Gasteiger partial charge < -0.3 is 44.3 Å². The van der Waals surface area contributed by atoms with Gasteiger partial charge in [-0.15, -0.1) is 5.10 Å². The van der Waals surface area contributed by atoms with E-state index >= 15 is 0 Å². The molecule has 0 aliphatic carbocycles. The first kappa shape index (κ1) is 73.8. The molecule has 7 aromatic rings. The molecular weight excluding hydrogens is 1530 g/mol. The average Bonchev–Trinajstić information content (AvgIpc) is 4.48. The van der Waals surface area contributed by atoms with Gasteiger partial charge in [-0.3, -0.25) is 9.88 Å². The number of hydrogen-bond donors (Lipinski definition) is 4. The van der Waals surface area contributed by atoms with E-state index in [0.29, 0.717) is 11.5 Å². The van der Waals surface area contributed by atoms with Crippen LogP contribution in [0.4, 0.5) is 51.3 Å². The van der Waals surface area contributed by atoms with Crippen LogP contribution in [0, 0.1) is 42.9 Å². The van der Waals surface area contributed by atoms with E-state index in [0.717, 1.165) is 36.1 Å². The Hall–Kier alpha value is -6.17. The number of nitriles is 2. The molecule has 0 atom stereocenters. The molecule has 0 spiro atoms. The molecule has 42 heteroatoms. The predicted molar refractivity (Wildman–Crippen MR) is 303 cm³/mol. The Kier molecular flexibility index (Phi) is 39.2. The number of nitrogens with zero attached hydrogens (tertiary/aromatic N) is 11. The maximum atomic E-state index is 10.7. The van der Waals surface area contributed by atoms with Crippen LogP contribution in [0.25, 0.3) is 21.6 Å². The van der Waals surface area contributed by atoms with Crippen molar-refractivity contribution in [3.63, 3.8) is 0 Å². The van der Waals surface area contributed by atoms with Crippen molar-refractivity contribution in [1.29, 1.82) is 12.5 Å². The number of aromatic nitrogens is 9. The van der Waals surface area contributed by atoms with E-state index in [9.17, 15) is 49.6 Å². The molecule has 0 bridgehead atoms.